The van der Waals surface area contributed by atoms with Crippen LogP contribution in [-0.2, 0) is 10.0 Å². The molecular weight excluding hydrogens is 374 g/mol. The molecule has 1 saturated heterocycles. The van der Waals surface area contributed by atoms with Gasteiger partial charge in [-0.2, -0.15) is 18.4 Å². The zero-order valence-electron chi connectivity index (χ0n) is 16.4. The van der Waals surface area contributed by atoms with Gasteiger partial charge in [0, 0.05) is 18.8 Å². The Labute approximate surface area is 167 Å². The van der Waals surface area contributed by atoms with Gasteiger partial charge >= 0.3 is 0 Å². The number of hydrogen-bond acceptors (Lipinski definition) is 5. The van der Waals surface area contributed by atoms with Crippen molar-refractivity contribution < 1.29 is 13.2 Å². The molecule has 1 fully saturated rings. The SMILES string of the molecule is CCOc1ccc(S(=O)(=O)N/N=C(/C)c2ccc(N3CCCCC3)cc2)cc1. The van der Waals surface area contributed by atoms with Crippen LogP contribution >= 0.6 is 0 Å². The largest absolute Gasteiger partial charge is 0.494 e. The normalized spacial score (nSPS) is 15.4. The van der Waals surface area contributed by atoms with Crippen molar-refractivity contribution in [1.29, 1.82) is 0 Å². The molecule has 0 saturated carbocycles. The molecule has 2 aromatic carbocycles. The first-order valence-electron chi connectivity index (χ1n) is 9.64. The number of hydrogen-bond donors (Lipinski definition) is 1. The fraction of sp³-hybridized carbons (Fsp3) is 0.381. The lowest BCUT2D eigenvalue weighted by molar-refractivity contribution is 0.340. The predicted octanol–water partition coefficient (Wildman–Crippen LogP) is 3.78. The van der Waals surface area contributed by atoms with E-state index in [0.717, 1.165) is 18.7 Å². The quantitative estimate of drug-likeness (QED) is 0.566. The Hall–Kier alpha value is -2.54. The van der Waals surface area contributed by atoms with Gasteiger partial charge in [-0.15, -0.1) is 0 Å². The lowest BCUT2D eigenvalue weighted by Gasteiger charge is -2.28. The lowest BCUT2D eigenvalue weighted by Crippen LogP contribution is -2.29. The summed E-state index contributed by atoms with van der Waals surface area (Å²) in [6, 6.07) is 14.4. The van der Waals surface area contributed by atoms with Gasteiger partial charge < -0.3 is 9.64 Å². The number of sulfonamides is 1. The molecule has 1 N–H and O–H groups in total. The van der Waals surface area contributed by atoms with Gasteiger partial charge in [0.1, 0.15) is 5.75 Å². The van der Waals surface area contributed by atoms with Crippen molar-refractivity contribution in [3.63, 3.8) is 0 Å². The van der Waals surface area contributed by atoms with Gasteiger partial charge in [-0.1, -0.05) is 12.1 Å². The number of benzene rings is 2. The number of hydrazone groups is 1. The fourth-order valence-corrected chi connectivity index (χ4v) is 4.05. The van der Waals surface area contributed by atoms with Gasteiger partial charge in [0.2, 0.25) is 0 Å². The van der Waals surface area contributed by atoms with Crippen LogP contribution in [0.3, 0.4) is 0 Å². The van der Waals surface area contributed by atoms with Crippen molar-refractivity contribution in [2.24, 2.45) is 5.10 Å². The van der Waals surface area contributed by atoms with Crippen LogP contribution in [0.2, 0.25) is 0 Å². The molecule has 0 amide bonds. The molecule has 0 radical (unpaired) electrons. The van der Waals surface area contributed by atoms with E-state index in [0.29, 0.717) is 18.1 Å². The third kappa shape index (κ3) is 5.04. The Morgan fingerprint density at radius 2 is 1.68 bits per heavy atom. The topological polar surface area (TPSA) is 71.0 Å². The molecule has 0 unspecified atom stereocenters. The van der Waals surface area contributed by atoms with Gasteiger partial charge in [0.15, 0.2) is 0 Å². The average molecular weight is 402 g/mol. The standard InChI is InChI=1S/C21H27N3O3S/c1-3-27-20-11-13-21(14-12-20)28(25,26)23-22-17(2)18-7-9-19(10-8-18)24-15-5-4-6-16-24/h7-14,23H,3-6,15-16H2,1-2H3/b22-17-. The Kier molecular flexibility index (Phi) is 6.57. The Morgan fingerprint density at radius 1 is 1.04 bits per heavy atom. The van der Waals surface area contributed by atoms with E-state index >= 15 is 0 Å². The summed E-state index contributed by atoms with van der Waals surface area (Å²) in [5.74, 6) is 0.634. The molecule has 0 spiro atoms. The first-order chi connectivity index (χ1) is 13.5. The van der Waals surface area contributed by atoms with E-state index < -0.39 is 10.0 Å². The first kappa shape index (κ1) is 20.2. The summed E-state index contributed by atoms with van der Waals surface area (Å²) in [5.41, 5.74) is 2.70. The highest BCUT2D eigenvalue weighted by Gasteiger charge is 2.14. The maximum Gasteiger partial charge on any atom is 0.276 e. The summed E-state index contributed by atoms with van der Waals surface area (Å²) in [5, 5.41) is 4.08. The Balaban J connectivity index is 1.67. The molecule has 28 heavy (non-hydrogen) atoms. The zero-order valence-corrected chi connectivity index (χ0v) is 17.2. The second-order valence-corrected chi connectivity index (χ2v) is 8.45. The number of piperidine rings is 1. The Morgan fingerprint density at radius 3 is 2.29 bits per heavy atom. The molecular formula is C21H27N3O3S. The molecule has 0 aromatic heterocycles. The third-order valence-corrected chi connectivity index (χ3v) is 6.01. The second kappa shape index (κ2) is 9.10. The highest BCUT2D eigenvalue weighted by molar-refractivity contribution is 7.89. The number of rotatable bonds is 7. The molecule has 0 bridgehead atoms. The summed E-state index contributed by atoms with van der Waals surface area (Å²) in [6.07, 6.45) is 3.76. The van der Waals surface area contributed by atoms with Gasteiger partial charge in [-0.05, 0) is 75.1 Å². The van der Waals surface area contributed by atoms with Crippen LogP contribution in [0.4, 0.5) is 5.69 Å². The van der Waals surface area contributed by atoms with E-state index in [9.17, 15) is 8.42 Å². The summed E-state index contributed by atoms with van der Waals surface area (Å²) in [4.78, 5) is 4.84. The van der Waals surface area contributed by atoms with E-state index in [-0.39, 0.29) is 4.90 Å². The molecule has 6 nitrogen and oxygen atoms in total. The first-order valence-corrected chi connectivity index (χ1v) is 11.1. The summed E-state index contributed by atoms with van der Waals surface area (Å²) < 4.78 is 30.2. The predicted molar refractivity (Wildman–Crippen MR) is 113 cm³/mol. The van der Waals surface area contributed by atoms with Gasteiger partial charge in [-0.25, -0.2) is 0 Å². The zero-order chi connectivity index (χ0) is 20.0. The molecule has 7 heteroatoms. The van der Waals surface area contributed by atoms with Gasteiger partial charge in [0.25, 0.3) is 10.0 Å². The number of anilines is 1. The highest BCUT2D eigenvalue weighted by atomic mass is 32.2. The van der Waals surface area contributed by atoms with Crippen molar-refractivity contribution in [1.82, 2.24) is 4.83 Å². The third-order valence-electron chi connectivity index (χ3n) is 4.78. The van der Waals surface area contributed by atoms with Crippen molar-refractivity contribution in [2.75, 3.05) is 24.6 Å². The minimum absolute atomic E-state index is 0.146. The van der Waals surface area contributed by atoms with E-state index in [1.165, 1.54) is 37.1 Å². The molecule has 3 rings (SSSR count). The number of nitrogens with one attached hydrogen (secondary N) is 1. The molecule has 1 aliphatic rings. The fourth-order valence-electron chi connectivity index (χ4n) is 3.19. The van der Waals surface area contributed by atoms with Crippen LogP contribution in [0.5, 0.6) is 5.75 Å². The maximum absolute atomic E-state index is 12.4. The van der Waals surface area contributed by atoms with Crippen LogP contribution in [0.15, 0.2) is 58.5 Å². The van der Waals surface area contributed by atoms with E-state index in [2.05, 4.69) is 27.0 Å². The van der Waals surface area contributed by atoms with Crippen LogP contribution in [0.1, 0.15) is 38.7 Å². The molecule has 1 aliphatic heterocycles. The van der Waals surface area contributed by atoms with Gasteiger partial charge in [-0.3, -0.25) is 0 Å². The van der Waals surface area contributed by atoms with Crippen LogP contribution < -0.4 is 14.5 Å². The van der Waals surface area contributed by atoms with Crippen LogP contribution in [-0.4, -0.2) is 33.8 Å². The number of ether oxygens (including phenoxy) is 1. The highest BCUT2D eigenvalue weighted by Crippen LogP contribution is 2.20. The van der Waals surface area contributed by atoms with Gasteiger partial charge in [0.05, 0.1) is 17.2 Å². The van der Waals surface area contributed by atoms with E-state index in [1.807, 2.05) is 19.1 Å². The second-order valence-electron chi connectivity index (χ2n) is 6.79. The maximum atomic E-state index is 12.4. The monoisotopic (exact) mass is 401 g/mol. The van der Waals surface area contributed by atoms with Crippen LogP contribution in [0, 0.1) is 0 Å². The van der Waals surface area contributed by atoms with Crippen LogP contribution in [0.25, 0.3) is 0 Å². The molecule has 2 aromatic rings. The smallest absolute Gasteiger partial charge is 0.276 e. The summed E-state index contributed by atoms with van der Waals surface area (Å²) >= 11 is 0. The van der Waals surface area contributed by atoms with E-state index in [4.69, 9.17) is 4.74 Å². The summed E-state index contributed by atoms with van der Waals surface area (Å²) in [7, 11) is -3.72. The Bertz CT molecular complexity index is 901. The minimum Gasteiger partial charge on any atom is -0.494 e. The molecule has 1 heterocycles. The van der Waals surface area contributed by atoms with Crippen molar-refractivity contribution in [3.05, 3.63) is 54.1 Å². The average Bonchev–Trinajstić information content (AvgIpc) is 2.73. The van der Waals surface area contributed by atoms with E-state index in [1.54, 1.807) is 19.1 Å². The molecule has 150 valence electrons. The van der Waals surface area contributed by atoms with Crippen molar-refractivity contribution in [3.8, 4) is 5.75 Å². The lowest BCUT2D eigenvalue weighted by atomic mass is 10.1. The molecule has 0 aliphatic carbocycles. The summed E-state index contributed by atoms with van der Waals surface area (Å²) in [6.45, 7) is 6.38. The van der Waals surface area contributed by atoms with Crippen molar-refractivity contribution >= 4 is 21.4 Å². The van der Waals surface area contributed by atoms with Crippen molar-refractivity contribution in [2.45, 2.75) is 38.0 Å². The number of nitrogens with zero attached hydrogens (tertiary/aromatic N) is 2. The minimum atomic E-state index is -3.72. The molecule has 0 atom stereocenters.